The zero-order valence-electron chi connectivity index (χ0n) is 14.1. The van der Waals surface area contributed by atoms with Crippen molar-refractivity contribution in [2.75, 3.05) is 13.1 Å². The summed E-state index contributed by atoms with van der Waals surface area (Å²) in [6, 6.07) is 6.23. The molecule has 1 aliphatic carbocycles. The van der Waals surface area contributed by atoms with Crippen molar-refractivity contribution in [2.45, 2.75) is 44.6 Å². The van der Waals surface area contributed by atoms with Gasteiger partial charge in [0.15, 0.2) is 0 Å². The zero-order chi connectivity index (χ0) is 17.1. The molecule has 3 heterocycles. The van der Waals surface area contributed by atoms with Crippen molar-refractivity contribution in [1.82, 2.24) is 9.88 Å². The molecule has 1 aromatic heterocycles. The van der Waals surface area contributed by atoms with Crippen LogP contribution in [0.25, 0.3) is 10.2 Å². The molecule has 1 saturated carbocycles. The average molecular weight is 409 g/mol. The predicted molar refractivity (Wildman–Crippen MR) is 99.5 cm³/mol. The van der Waals surface area contributed by atoms with Crippen molar-refractivity contribution in [3.63, 3.8) is 0 Å². The smallest absolute Gasteiger partial charge is 0.410 e. The fourth-order valence-electron chi connectivity index (χ4n) is 3.88. The number of thiazole rings is 1. The van der Waals surface area contributed by atoms with Crippen LogP contribution in [-0.4, -0.2) is 34.7 Å². The summed E-state index contributed by atoms with van der Waals surface area (Å²) in [7, 11) is 0. The van der Waals surface area contributed by atoms with Gasteiger partial charge in [0.2, 0.25) is 0 Å². The van der Waals surface area contributed by atoms with Crippen LogP contribution in [0.5, 0.6) is 0 Å². The first kappa shape index (κ1) is 16.3. The van der Waals surface area contributed by atoms with Crippen LogP contribution in [0.3, 0.4) is 0 Å². The molecule has 4 nitrogen and oxygen atoms in total. The van der Waals surface area contributed by atoms with Gasteiger partial charge >= 0.3 is 6.09 Å². The first-order valence-electron chi connectivity index (χ1n) is 8.29. The standard InChI is InChI=1S/C18H21BrN2O2S/c1-17(2,3)23-16(22)21-9-11-7-18(8-11,10-21)15-20-13-6-12(19)4-5-14(13)24-15/h4-6,11H,7-10H2,1-3H3. The summed E-state index contributed by atoms with van der Waals surface area (Å²) in [5.74, 6) is 0.574. The number of aromatic nitrogens is 1. The Morgan fingerprint density at radius 3 is 2.88 bits per heavy atom. The quantitative estimate of drug-likeness (QED) is 0.669. The minimum atomic E-state index is -0.450. The number of nitrogens with zero attached hydrogens (tertiary/aromatic N) is 2. The number of rotatable bonds is 1. The summed E-state index contributed by atoms with van der Waals surface area (Å²) in [6.07, 6.45) is 2.07. The molecule has 3 aliphatic rings. The van der Waals surface area contributed by atoms with Gasteiger partial charge in [0.1, 0.15) is 10.6 Å². The Kier molecular flexibility index (Phi) is 3.69. The van der Waals surface area contributed by atoms with Crippen LogP contribution < -0.4 is 0 Å². The molecule has 2 saturated heterocycles. The Balaban J connectivity index is 1.59. The van der Waals surface area contributed by atoms with Crippen molar-refractivity contribution < 1.29 is 9.53 Å². The van der Waals surface area contributed by atoms with E-state index in [1.54, 1.807) is 11.3 Å². The molecule has 2 aliphatic heterocycles. The molecule has 1 aromatic carbocycles. The number of amides is 1. The lowest BCUT2D eigenvalue weighted by molar-refractivity contribution is -0.0305. The van der Waals surface area contributed by atoms with Crippen LogP contribution in [0, 0.1) is 5.92 Å². The predicted octanol–water partition coefficient (Wildman–Crippen LogP) is 4.96. The van der Waals surface area contributed by atoms with Gasteiger partial charge in [-0.2, -0.15) is 0 Å². The maximum absolute atomic E-state index is 12.5. The van der Waals surface area contributed by atoms with Crippen molar-refractivity contribution in [3.8, 4) is 0 Å². The van der Waals surface area contributed by atoms with E-state index in [9.17, 15) is 4.79 Å². The molecular weight excluding hydrogens is 388 g/mol. The van der Waals surface area contributed by atoms with Crippen LogP contribution in [0.15, 0.2) is 22.7 Å². The van der Waals surface area contributed by atoms with E-state index in [4.69, 9.17) is 9.72 Å². The van der Waals surface area contributed by atoms with Gasteiger partial charge in [-0.3, -0.25) is 0 Å². The van der Waals surface area contributed by atoms with Crippen LogP contribution in [-0.2, 0) is 10.2 Å². The van der Waals surface area contributed by atoms with Crippen LogP contribution in [0.1, 0.15) is 38.6 Å². The SMILES string of the molecule is CC(C)(C)OC(=O)N1CC2CC(c3nc4cc(Br)ccc4s3)(C2)C1. The molecule has 24 heavy (non-hydrogen) atoms. The summed E-state index contributed by atoms with van der Waals surface area (Å²) < 4.78 is 7.82. The summed E-state index contributed by atoms with van der Waals surface area (Å²) in [4.78, 5) is 19.2. The minimum absolute atomic E-state index is 0.0238. The second-order valence-electron chi connectivity index (χ2n) is 8.05. The van der Waals surface area contributed by atoms with Crippen LogP contribution >= 0.6 is 27.3 Å². The molecule has 0 atom stereocenters. The van der Waals surface area contributed by atoms with E-state index in [1.165, 1.54) is 9.71 Å². The van der Waals surface area contributed by atoms with Gasteiger partial charge < -0.3 is 9.64 Å². The second-order valence-corrected chi connectivity index (χ2v) is 9.99. The molecule has 2 bridgehead atoms. The highest BCUT2D eigenvalue weighted by Gasteiger charge is 2.54. The number of hydrogen-bond acceptors (Lipinski definition) is 4. The number of carbonyl (C=O) groups excluding carboxylic acids is 1. The zero-order valence-corrected chi connectivity index (χ0v) is 16.5. The van der Waals surface area contributed by atoms with Gasteiger partial charge in [-0.05, 0) is 57.7 Å². The van der Waals surface area contributed by atoms with Gasteiger partial charge in [0, 0.05) is 23.0 Å². The first-order chi connectivity index (χ1) is 11.2. The number of fused-ring (bicyclic) bond motifs is 3. The van der Waals surface area contributed by atoms with Crippen LogP contribution in [0.2, 0.25) is 0 Å². The molecule has 6 heteroatoms. The Labute approximate surface area is 154 Å². The number of piperidine rings is 2. The number of hydrogen-bond donors (Lipinski definition) is 0. The topological polar surface area (TPSA) is 42.4 Å². The van der Waals surface area contributed by atoms with Crippen molar-refractivity contribution in [1.29, 1.82) is 0 Å². The van der Waals surface area contributed by atoms with Gasteiger partial charge in [-0.1, -0.05) is 15.9 Å². The molecule has 1 amide bonds. The highest BCUT2D eigenvalue weighted by atomic mass is 79.9. The Hall–Kier alpha value is -1.14. The van der Waals surface area contributed by atoms with E-state index < -0.39 is 5.60 Å². The third-order valence-corrected chi connectivity index (χ3v) is 6.56. The van der Waals surface area contributed by atoms with Gasteiger partial charge in [-0.15, -0.1) is 11.3 Å². The molecule has 2 aromatic rings. The van der Waals surface area contributed by atoms with E-state index in [0.29, 0.717) is 5.92 Å². The molecule has 0 unspecified atom stereocenters. The third kappa shape index (κ3) is 2.84. The third-order valence-electron chi connectivity index (χ3n) is 4.79. The van der Waals surface area contributed by atoms with Gasteiger partial charge in [-0.25, -0.2) is 9.78 Å². The summed E-state index contributed by atoms with van der Waals surface area (Å²) in [6.45, 7) is 7.27. The van der Waals surface area contributed by atoms with Gasteiger partial charge in [0.05, 0.1) is 10.2 Å². The molecule has 3 fully saturated rings. The van der Waals surface area contributed by atoms with Crippen molar-refractivity contribution in [2.24, 2.45) is 5.92 Å². The lowest BCUT2D eigenvalue weighted by atomic mass is 9.59. The van der Waals surface area contributed by atoms with Crippen LogP contribution in [0.4, 0.5) is 4.79 Å². The van der Waals surface area contributed by atoms with E-state index in [-0.39, 0.29) is 11.5 Å². The van der Waals surface area contributed by atoms with Crippen molar-refractivity contribution in [3.05, 3.63) is 27.7 Å². The lowest BCUT2D eigenvalue weighted by Crippen LogP contribution is -2.60. The average Bonchev–Trinajstić information content (AvgIpc) is 2.88. The highest BCUT2D eigenvalue weighted by molar-refractivity contribution is 9.10. The molecule has 0 N–H and O–H groups in total. The first-order valence-corrected chi connectivity index (χ1v) is 9.90. The summed E-state index contributed by atoms with van der Waals surface area (Å²) in [5.41, 5.74) is 0.612. The molecule has 0 spiro atoms. The number of benzene rings is 1. The van der Waals surface area contributed by atoms with E-state index in [0.717, 1.165) is 35.9 Å². The number of halogens is 1. The highest BCUT2D eigenvalue weighted by Crippen LogP contribution is 2.53. The Bertz CT molecular complexity index is 805. The molecular formula is C18H21BrN2O2S. The second kappa shape index (κ2) is 5.43. The molecule has 0 radical (unpaired) electrons. The monoisotopic (exact) mass is 408 g/mol. The fourth-order valence-corrected chi connectivity index (χ4v) is 5.37. The molecule has 128 valence electrons. The molecule has 5 rings (SSSR count). The Morgan fingerprint density at radius 2 is 2.17 bits per heavy atom. The largest absolute Gasteiger partial charge is 0.444 e. The van der Waals surface area contributed by atoms with Crippen molar-refractivity contribution >= 4 is 43.6 Å². The Morgan fingerprint density at radius 1 is 1.42 bits per heavy atom. The number of ether oxygens (including phenoxy) is 1. The summed E-state index contributed by atoms with van der Waals surface area (Å²) in [5, 5.41) is 1.17. The normalized spacial score (nSPS) is 26.3. The van der Waals surface area contributed by atoms with E-state index in [2.05, 4.69) is 34.1 Å². The van der Waals surface area contributed by atoms with E-state index in [1.807, 2.05) is 25.7 Å². The maximum atomic E-state index is 12.5. The minimum Gasteiger partial charge on any atom is -0.444 e. The summed E-state index contributed by atoms with van der Waals surface area (Å²) >= 11 is 5.28. The van der Waals surface area contributed by atoms with E-state index >= 15 is 0 Å². The fraction of sp³-hybridized carbons (Fsp3) is 0.556. The number of carbonyl (C=O) groups is 1. The lowest BCUT2D eigenvalue weighted by Gasteiger charge is -2.55. The maximum Gasteiger partial charge on any atom is 0.410 e. The van der Waals surface area contributed by atoms with Gasteiger partial charge in [0.25, 0.3) is 0 Å².